The van der Waals surface area contributed by atoms with Crippen molar-refractivity contribution in [2.45, 2.75) is 12.8 Å². The van der Waals surface area contributed by atoms with Crippen molar-refractivity contribution in [2.75, 3.05) is 0 Å². The first-order valence-corrected chi connectivity index (χ1v) is 3.80. The summed E-state index contributed by atoms with van der Waals surface area (Å²) < 4.78 is 0. The van der Waals surface area contributed by atoms with Gasteiger partial charge in [0, 0.05) is 0 Å². The average molecular weight is 173 g/mol. The number of nitrogens with two attached hydrogens (primary N) is 1. The fourth-order valence-electron chi connectivity index (χ4n) is 0.573. The molecule has 0 aliphatic carbocycles. The van der Waals surface area contributed by atoms with Crippen LogP contribution < -0.4 is 5.90 Å². The van der Waals surface area contributed by atoms with E-state index in [4.69, 9.17) is 0 Å². The van der Waals surface area contributed by atoms with Crippen LogP contribution >= 0.6 is 11.3 Å². The van der Waals surface area contributed by atoms with Crippen LogP contribution in [0.5, 0.6) is 0 Å². The molecule has 60 valence electrons. The van der Waals surface area contributed by atoms with Crippen LogP contribution in [0, 0.1) is 0 Å². The Hall–Kier alpha value is -1.01. The molecule has 1 rings (SSSR count). The first-order chi connectivity index (χ1) is 5.25. The van der Waals surface area contributed by atoms with E-state index >= 15 is 0 Å². The molecular formula is C5H7N3O2S. The summed E-state index contributed by atoms with van der Waals surface area (Å²) in [7, 11) is 0. The molecule has 0 aromatic carbocycles. The van der Waals surface area contributed by atoms with E-state index in [0.717, 1.165) is 0 Å². The summed E-state index contributed by atoms with van der Waals surface area (Å²) in [5.74, 6) is 3.76. The molecule has 0 bridgehead atoms. The van der Waals surface area contributed by atoms with Crippen molar-refractivity contribution in [3.05, 3.63) is 10.5 Å². The first-order valence-electron chi connectivity index (χ1n) is 2.92. The van der Waals surface area contributed by atoms with Crippen LogP contribution in [0.4, 0.5) is 0 Å². The lowest BCUT2D eigenvalue weighted by Gasteiger charge is -2.01. The smallest absolute Gasteiger partial charge is 0.334 e. The minimum absolute atomic E-state index is 0.424. The number of carbonyl (C=O) groups is 1. The fourth-order valence-corrected chi connectivity index (χ4v) is 1.17. The summed E-state index contributed by atoms with van der Waals surface area (Å²) in [6.45, 7) is 1.66. The molecule has 1 atom stereocenters. The Labute approximate surface area is 67.1 Å². The molecule has 2 N–H and O–H groups in total. The topological polar surface area (TPSA) is 78.1 Å². The van der Waals surface area contributed by atoms with Gasteiger partial charge in [-0.25, -0.2) is 4.79 Å². The molecule has 1 aromatic heterocycles. The molecule has 0 fully saturated rings. The molecule has 0 saturated carbocycles. The van der Waals surface area contributed by atoms with E-state index in [1.165, 1.54) is 11.3 Å². The molecule has 1 unspecified atom stereocenters. The summed E-state index contributed by atoms with van der Waals surface area (Å²) in [4.78, 5) is 14.8. The molecule has 5 nitrogen and oxygen atoms in total. The zero-order valence-corrected chi connectivity index (χ0v) is 6.67. The van der Waals surface area contributed by atoms with Gasteiger partial charge in [-0.05, 0) is 6.92 Å². The number of hydrogen-bond acceptors (Lipinski definition) is 6. The molecule has 0 saturated heterocycles. The van der Waals surface area contributed by atoms with Crippen molar-refractivity contribution < 1.29 is 9.63 Å². The van der Waals surface area contributed by atoms with Crippen molar-refractivity contribution in [3.8, 4) is 0 Å². The number of carbonyl (C=O) groups excluding carboxylic acids is 1. The Morgan fingerprint density at radius 3 is 3.09 bits per heavy atom. The maximum Gasteiger partial charge on any atom is 0.334 e. The first kappa shape index (κ1) is 8.09. The normalized spacial score (nSPS) is 12.5. The number of nitrogens with zero attached hydrogens (tertiary/aromatic N) is 2. The minimum Gasteiger partial charge on any atom is -0.373 e. The fraction of sp³-hybridized carbons (Fsp3) is 0.400. The van der Waals surface area contributed by atoms with Gasteiger partial charge in [0.15, 0.2) is 0 Å². The van der Waals surface area contributed by atoms with E-state index in [1.54, 1.807) is 12.4 Å². The second-order valence-corrected chi connectivity index (χ2v) is 2.80. The summed E-state index contributed by atoms with van der Waals surface area (Å²) in [5.41, 5.74) is 1.55. The molecule has 0 spiro atoms. The van der Waals surface area contributed by atoms with Crippen molar-refractivity contribution in [3.63, 3.8) is 0 Å². The minimum atomic E-state index is -0.498. The molecule has 1 aromatic rings. The third-order valence-corrected chi connectivity index (χ3v) is 2.09. The summed E-state index contributed by atoms with van der Waals surface area (Å²) in [6, 6.07) is 0. The summed E-state index contributed by atoms with van der Waals surface area (Å²) >= 11 is 1.30. The molecule has 0 radical (unpaired) electrons. The Morgan fingerprint density at radius 1 is 1.91 bits per heavy atom. The van der Waals surface area contributed by atoms with Gasteiger partial charge in [0.1, 0.15) is 16.4 Å². The van der Waals surface area contributed by atoms with E-state index in [-0.39, 0.29) is 0 Å². The molecule has 0 aliphatic heterocycles. The third kappa shape index (κ3) is 1.72. The molecule has 0 amide bonds. The maximum absolute atomic E-state index is 10.8. The van der Waals surface area contributed by atoms with Gasteiger partial charge in [0.2, 0.25) is 0 Å². The molecule has 0 aliphatic rings. The number of rotatable bonds is 2. The highest BCUT2D eigenvalue weighted by atomic mass is 32.1. The van der Waals surface area contributed by atoms with Crippen LogP contribution in [0.25, 0.3) is 0 Å². The zero-order valence-electron chi connectivity index (χ0n) is 5.85. The van der Waals surface area contributed by atoms with Crippen LogP contribution in [0.1, 0.15) is 17.8 Å². The highest BCUT2D eigenvalue weighted by Crippen LogP contribution is 2.16. The summed E-state index contributed by atoms with van der Waals surface area (Å²) in [6.07, 6.45) is 0. The highest BCUT2D eigenvalue weighted by molar-refractivity contribution is 7.09. The van der Waals surface area contributed by atoms with Gasteiger partial charge in [-0.2, -0.15) is 5.90 Å². The molecule has 1 heterocycles. The van der Waals surface area contributed by atoms with E-state index < -0.39 is 11.9 Å². The second-order valence-electron chi connectivity index (χ2n) is 1.94. The largest absolute Gasteiger partial charge is 0.373 e. The van der Waals surface area contributed by atoms with E-state index in [9.17, 15) is 4.79 Å². The van der Waals surface area contributed by atoms with Gasteiger partial charge in [-0.15, -0.1) is 21.5 Å². The van der Waals surface area contributed by atoms with Crippen LogP contribution in [0.2, 0.25) is 0 Å². The maximum atomic E-state index is 10.8. The van der Waals surface area contributed by atoms with Gasteiger partial charge >= 0.3 is 5.97 Å². The predicted octanol–water partition coefficient (Wildman–Crippen LogP) is 0.0585. The third-order valence-electron chi connectivity index (χ3n) is 1.22. The Morgan fingerprint density at radius 2 is 2.64 bits per heavy atom. The Bertz CT molecular complexity index is 236. The highest BCUT2D eigenvalue weighted by Gasteiger charge is 2.18. The Kier molecular flexibility index (Phi) is 2.50. The number of aromatic nitrogens is 2. The van der Waals surface area contributed by atoms with E-state index in [1.807, 2.05) is 0 Å². The zero-order chi connectivity index (χ0) is 8.27. The van der Waals surface area contributed by atoms with Crippen molar-refractivity contribution in [2.24, 2.45) is 5.90 Å². The summed E-state index contributed by atoms with van der Waals surface area (Å²) in [5, 5.41) is 7.89. The lowest BCUT2D eigenvalue weighted by molar-refractivity contribution is -0.145. The van der Waals surface area contributed by atoms with Crippen molar-refractivity contribution in [1.82, 2.24) is 10.2 Å². The van der Waals surface area contributed by atoms with Crippen LogP contribution in [-0.2, 0) is 9.63 Å². The van der Waals surface area contributed by atoms with Gasteiger partial charge in [0.25, 0.3) is 0 Å². The van der Waals surface area contributed by atoms with Crippen molar-refractivity contribution >= 4 is 17.3 Å². The van der Waals surface area contributed by atoms with Crippen LogP contribution in [0.3, 0.4) is 0 Å². The van der Waals surface area contributed by atoms with Gasteiger partial charge in [-0.3, -0.25) is 0 Å². The van der Waals surface area contributed by atoms with Gasteiger partial charge in [0.05, 0.1) is 0 Å². The van der Waals surface area contributed by atoms with Crippen LogP contribution in [0.15, 0.2) is 5.51 Å². The monoisotopic (exact) mass is 173 g/mol. The van der Waals surface area contributed by atoms with Crippen molar-refractivity contribution in [1.29, 1.82) is 0 Å². The standard InChI is InChI=1S/C5H7N3O2S/c1-3(5(9)10-6)4-8-7-2-11-4/h2-3H,6H2,1H3. The quantitative estimate of drug-likeness (QED) is 0.640. The lowest BCUT2D eigenvalue weighted by Crippen LogP contribution is -2.16. The molecule has 11 heavy (non-hydrogen) atoms. The average Bonchev–Trinajstić information content (AvgIpc) is 2.53. The van der Waals surface area contributed by atoms with E-state index in [0.29, 0.717) is 5.01 Å². The SMILES string of the molecule is CC(C(=O)ON)c1nncs1. The van der Waals surface area contributed by atoms with E-state index in [2.05, 4.69) is 20.9 Å². The predicted molar refractivity (Wildman–Crippen MR) is 38.6 cm³/mol. The second kappa shape index (κ2) is 3.40. The van der Waals surface area contributed by atoms with Crippen LogP contribution in [-0.4, -0.2) is 16.2 Å². The number of hydrogen-bond donors (Lipinski definition) is 1. The molecule has 6 heteroatoms. The van der Waals surface area contributed by atoms with Gasteiger partial charge < -0.3 is 4.84 Å². The lowest BCUT2D eigenvalue weighted by atomic mass is 10.2. The van der Waals surface area contributed by atoms with Gasteiger partial charge in [-0.1, -0.05) is 0 Å². The Balaban J connectivity index is 2.70. The molecular weight excluding hydrogens is 166 g/mol.